The van der Waals surface area contributed by atoms with Crippen LogP contribution in [0.3, 0.4) is 0 Å². The van der Waals surface area contributed by atoms with E-state index in [4.69, 9.17) is 16.6 Å². The summed E-state index contributed by atoms with van der Waals surface area (Å²) in [6.07, 6.45) is 1.98. The van der Waals surface area contributed by atoms with E-state index in [1.54, 1.807) is 11.8 Å². The predicted molar refractivity (Wildman–Crippen MR) is 107 cm³/mol. The second kappa shape index (κ2) is 7.72. The van der Waals surface area contributed by atoms with Crippen LogP contribution in [0.1, 0.15) is 30.3 Å². The number of nitrogens with zero attached hydrogens (tertiary/aromatic N) is 2. The van der Waals surface area contributed by atoms with Crippen LogP contribution in [-0.4, -0.2) is 33.1 Å². The first-order chi connectivity index (χ1) is 12.7. The van der Waals surface area contributed by atoms with Crippen LogP contribution in [0.15, 0.2) is 48.5 Å². The Labute approximate surface area is 161 Å². The number of likely N-dealkylation sites (tertiary alicyclic amines) is 1. The normalized spacial score (nSPS) is 17.1. The van der Waals surface area contributed by atoms with E-state index in [2.05, 4.69) is 4.98 Å². The maximum atomic E-state index is 12.7. The van der Waals surface area contributed by atoms with Gasteiger partial charge in [-0.3, -0.25) is 4.79 Å². The molecule has 0 aliphatic carbocycles. The summed E-state index contributed by atoms with van der Waals surface area (Å²) in [4.78, 5) is 22.8. The number of aromatic amines is 1. The number of carbonyl (C=O) groups excluding carboxylic acids is 1. The maximum Gasteiger partial charge on any atom is 0.233 e. The van der Waals surface area contributed by atoms with Gasteiger partial charge in [0.2, 0.25) is 5.91 Å². The van der Waals surface area contributed by atoms with E-state index >= 15 is 0 Å². The molecule has 134 valence electrons. The van der Waals surface area contributed by atoms with Gasteiger partial charge in [0.25, 0.3) is 0 Å². The van der Waals surface area contributed by atoms with Gasteiger partial charge in [-0.25, -0.2) is 4.98 Å². The van der Waals surface area contributed by atoms with Crippen LogP contribution >= 0.6 is 23.4 Å². The summed E-state index contributed by atoms with van der Waals surface area (Å²) in [5, 5.41) is 0.735. The lowest BCUT2D eigenvalue weighted by Crippen LogP contribution is -2.32. The molecule has 1 unspecified atom stereocenters. The van der Waals surface area contributed by atoms with Gasteiger partial charge in [0.05, 0.1) is 22.8 Å². The number of fused-ring (bicyclic) bond motifs is 1. The lowest BCUT2D eigenvalue weighted by molar-refractivity contribution is -0.129. The van der Waals surface area contributed by atoms with E-state index in [1.165, 1.54) is 0 Å². The summed E-state index contributed by atoms with van der Waals surface area (Å²) in [6.45, 7) is 0.804. The number of para-hydroxylation sites is 2. The van der Waals surface area contributed by atoms with Crippen molar-refractivity contribution >= 4 is 40.3 Å². The van der Waals surface area contributed by atoms with Gasteiger partial charge in [0, 0.05) is 17.3 Å². The van der Waals surface area contributed by atoms with Crippen molar-refractivity contribution in [1.82, 2.24) is 14.9 Å². The molecule has 1 aliphatic rings. The summed E-state index contributed by atoms with van der Waals surface area (Å²) < 4.78 is 0. The van der Waals surface area contributed by atoms with Gasteiger partial charge < -0.3 is 9.88 Å². The molecule has 1 saturated heterocycles. The molecule has 0 bridgehead atoms. The van der Waals surface area contributed by atoms with Crippen LogP contribution in [0.5, 0.6) is 0 Å². The molecular formula is C20H20ClN3OS. The first-order valence-corrected chi connectivity index (χ1v) is 10.3. The van der Waals surface area contributed by atoms with Crippen molar-refractivity contribution in [2.24, 2.45) is 0 Å². The number of hydrogen-bond acceptors (Lipinski definition) is 3. The number of carbonyl (C=O) groups is 1. The number of nitrogens with one attached hydrogen (secondary N) is 1. The molecule has 3 aromatic rings. The number of rotatable bonds is 5. The van der Waals surface area contributed by atoms with Crippen molar-refractivity contribution in [3.05, 3.63) is 64.9 Å². The van der Waals surface area contributed by atoms with E-state index in [-0.39, 0.29) is 11.9 Å². The molecule has 6 heteroatoms. The van der Waals surface area contributed by atoms with Crippen LogP contribution in [0.25, 0.3) is 11.0 Å². The minimum absolute atomic E-state index is 0.0571. The van der Waals surface area contributed by atoms with Gasteiger partial charge >= 0.3 is 0 Å². The lowest BCUT2D eigenvalue weighted by atomic mass is 10.2. The van der Waals surface area contributed by atoms with Crippen LogP contribution in [0.4, 0.5) is 0 Å². The average molecular weight is 386 g/mol. The molecule has 1 fully saturated rings. The quantitative estimate of drug-likeness (QED) is 0.685. The van der Waals surface area contributed by atoms with Crippen molar-refractivity contribution in [1.29, 1.82) is 0 Å². The van der Waals surface area contributed by atoms with Gasteiger partial charge in [0.15, 0.2) is 0 Å². The van der Waals surface area contributed by atoms with E-state index in [1.807, 2.05) is 53.4 Å². The fourth-order valence-electron chi connectivity index (χ4n) is 3.45. The Bertz CT molecular complexity index is 893. The van der Waals surface area contributed by atoms with Crippen LogP contribution in [0.2, 0.25) is 5.02 Å². The smallest absolute Gasteiger partial charge is 0.233 e. The van der Waals surface area contributed by atoms with Gasteiger partial charge in [-0.05, 0) is 42.7 Å². The molecule has 1 atom stereocenters. The molecule has 0 radical (unpaired) electrons. The zero-order valence-electron chi connectivity index (χ0n) is 14.3. The monoisotopic (exact) mass is 385 g/mol. The molecule has 1 N–H and O–H groups in total. The van der Waals surface area contributed by atoms with Gasteiger partial charge in [-0.2, -0.15) is 0 Å². The first-order valence-electron chi connectivity index (χ1n) is 8.77. The molecule has 1 aliphatic heterocycles. The third-order valence-electron chi connectivity index (χ3n) is 4.68. The van der Waals surface area contributed by atoms with Crippen molar-refractivity contribution in [2.75, 3.05) is 12.3 Å². The zero-order valence-corrected chi connectivity index (χ0v) is 15.9. The average Bonchev–Trinajstić information content (AvgIpc) is 3.28. The third kappa shape index (κ3) is 3.74. The molecule has 4 rings (SSSR count). The minimum atomic E-state index is 0.0571. The number of H-pyrrole nitrogens is 1. The summed E-state index contributed by atoms with van der Waals surface area (Å²) in [5.74, 6) is 2.34. The maximum absolute atomic E-state index is 12.7. The largest absolute Gasteiger partial charge is 0.340 e. The zero-order chi connectivity index (χ0) is 17.9. The molecule has 2 heterocycles. The minimum Gasteiger partial charge on any atom is -0.340 e. The molecule has 4 nitrogen and oxygen atoms in total. The molecule has 0 saturated carbocycles. The Hall–Kier alpha value is -1.98. The van der Waals surface area contributed by atoms with Crippen LogP contribution in [-0.2, 0) is 10.5 Å². The van der Waals surface area contributed by atoms with Crippen molar-refractivity contribution in [2.45, 2.75) is 24.6 Å². The summed E-state index contributed by atoms with van der Waals surface area (Å²) in [7, 11) is 0. The molecule has 0 spiro atoms. The Morgan fingerprint density at radius 1 is 1.27 bits per heavy atom. The third-order valence-corrected chi connectivity index (χ3v) is 5.90. The molecule has 1 aromatic heterocycles. The fourth-order valence-corrected chi connectivity index (χ4v) is 4.52. The van der Waals surface area contributed by atoms with Gasteiger partial charge in [0.1, 0.15) is 5.82 Å². The number of amides is 1. The number of hydrogen-bond donors (Lipinski definition) is 1. The van der Waals surface area contributed by atoms with Gasteiger partial charge in [-0.1, -0.05) is 35.9 Å². The van der Waals surface area contributed by atoms with E-state index in [0.717, 1.165) is 52.6 Å². The molecule has 26 heavy (non-hydrogen) atoms. The van der Waals surface area contributed by atoms with Gasteiger partial charge in [-0.15, -0.1) is 11.8 Å². The van der Waals surface area contributed by atoms with Crippen molar-refractivity contribution < 1.29 is 4.79 Å². The summed E-state index contributed by atoms with van der Waals surface area (Å²) >= 11 is 7.65. The Balaban J connectivity index is 1.40. The second-order valence-electron chi connectivity index (χ2n) is 6.51. The number of benzene rings is 2. The molecule has 2 aromatic carbocycles. The highest BCUT2D eigenvalue weighted by Crippen LogP contribution is 2.32. The highest BCUT2D eigenvalue weighted by molar-refractivity contribution is 7.99. The Kier molecular flexibility index (Phi) is 5.18. The fraction of sp³-hybridized carbons (Fsp3) is 0.300. The van der Waals surface area contributed by atoms with E-state index in [0.29, 0.717) is 5.75 Å². The second-order valence-corrected chi connectivity index (χ2v) is 7.93. The van der Waals surface area contributed by atoms with E-state index < -0.39 is 0 Å². The van der Waals surface area contributed by atoms with Crippen LogP contribution in [0, 0.1) is 0 Å². The summed E-state index contributed by atoms with van der Waals surface area (Å²) in [6, 6.07) is 15.8. The van der Waals surface area contributed by atoms with Crippen molar-refractivity contribution in [3.63, 3.8) is 0 Å². The Morgan fingerprint density at radius 3 is 3.00 bits per heavy atom. The lowest BCUT2D eigenvalue weighted by Gasteiger charge is -2.23. The summed E-state index contributed by atoms with van der Waals surface area (Å²) in [5.41, 5.74) is 3.12. The number of imidazole rings is 1. The molecule has 1 amide bonds. The van der Waals surface area contributed by atoms with Crippen LogP contribution < -0.4 is 0 Å². The van der Waals surface area contributed by atoms with E-state index in [9.17, 15) is 4.79 Å². The number of halogens is 1. The highest BCUT2D eigenvalue weighted by atomic mass is 35.5. The molecular weight excluding hydrogens is 366 g/mol. The standard InChI is InChI=1S/C20H20ClN3OS/c21-15-6-3-5-14(11-15)12-26-13-19(25)24-10-4-9-18(24)20-22-16-7-1-2-8-17(16)23-20/h1-3,5-8,11,18H,4,9-10,12-13H2,(H,22,23). The SMILES string of the molecule is O=C(CSCc1cccc(Cl)c1)N1CCCC1c1nc2ccccc2[nH]1. The number of aromatic nitrogens is 2. The highest BCUT2D eigenvalue weighted by Gasteiger charge is 2.31. The first kappa shape index (κ1) is 17.4. The topological polar surface area (TPSA) is 49.0 Å². The number of thioether (sulfide) groups is 1. The Morgan fingerprint density at radius 2 is 2.15 bits per heavy atom. The predicted octanol–water partition coefficient (Wildman–Crippen LogP) is 4.81. The van der Waals surface area contributed by atoms with Crippen molar-refractivity contribution in [3.8, 4) is 0 Å².